The van der Waals surface area contributed by atoms with Crippen LogP contribution in [-0.2, 0) is 4.84 Å². The predicted molar refractivity (Wildman–Crippen MR) is 56.8 cm³/mol. The van der Waals surface area contributed by atoms with Crippen LogP contribution in [0.5, 0.6) is 5.75 Å². The molecule has 0 unspecified atom stereocenters. The Kier molecular flexibility index (Phi) is 4.43. The van der Waals surface area contributed by atoms with Crippen molar-refractivity contribution >= 4 is 11.7 Å². The minimum atomic E-state index is -0.415. The molecule has 0 bridgehead atoms. The zero-order valence-corrected chi connectivity index (χ0v) is 8.74. The van der Waals surface area contributed by atoms with Crippen molar-refractivity contribution in [1.82, 2.24) is 5.48 Å². The maximum absolute atomic E-state index is 11.0. The van der Waals surface area contributed by atoms with E-state index in [9.17, 15) is 4.79 Å². The summed E-state index contributed by atoms with van der Waals surface area (Å²) in [6, 6.07) is 6.65. The standard InChI is InChI=1S/C10H14N2O3/c1-3-15-9-6-4-8(5-7-9)11-10(13)12-14-2/h4-7H,3H2,1-2H3,(H2,11,12,13). The molecule has 0 spiro atoms. The first kappa shape index (κ1) is 11.3. The van der Waals surface area contributed by atoms with Crippen molar-refractivity contribution in [3.05, 3.63) is 24.3 Å². The zero-order chi connectivity index (χ0) is 11.1. The number of urea groups is 1. The summed E-state index contributed by atoms with van der Waals surface area (Å²) in [7, 11) is 1.37. The molecular weight excluding hydrogens is 196 g/mol. The van der Waals surface area contributed by atoms with Crippen LogP contribution in [0.15, 0.2) is 24.3 Å². The summed E-state index contributed by atoms with van der Waals surface area (Å²) < 4.78 is 5.26. The summed E-state index contributed by atoms with van der Waals surface area (Å²) in [5.41, 5.74) is 2.83. The van der Waals surface area contributed by atoms with E-state index in [0.717, 1.165) is 5.75 Å². The first-order valence-electron chi connectivity index (χ1n) is 4.59. The van der Waals surface area contributed by atoms with E-state index in [4.69, 9.17) is 4.74 Å². The number of nitrogens with one attached hydrogen (secondary N) is 2. The molecule has 0 aliphatic carbocycles. The van der Waals surface area contributed by atoms with Crippen LogP contribution in [-0.4, -0.2) is 19.7 Å². The number of anilines is 1. The Balaban J connectivity index is 2.52. The van der Waals surface area contributed by atoms with Crippen molar-refractivity contribution in [3.63, 3.8) is 0 Å². The van der Waals surface area contributed by atoms with Gasteiger partial charge in [-0.25, -0.2) is 10.3 Å². The highest BCUT2D eigenvalue weighted by Gasteiger charge is 2.00. The van der Waals surface area contributed by atoms with Crippen molar-refractivity contribution in [2.75, 3.05) is 19.0 Å². The van der Waals surface area contributed by atoms with E-state index in [1.54, 1.807) is 24.3 Å². The number of carbonyl (C=O) groups is 1. The van der Waals surface area contributed by atoms with Crippen molar-refractivity contribution in [2.24, 2.45) is 0 Å². The smallest absolute Gasteiger partial charge is 0.343 e. The van der Waals surface area contributed by atoms with Crippen LogP contribution in [0.25, 0.3) is 0 Å². The van der Waals surface area contributed by atoms with Crippen LogP contribution in [0.2, 0.25) is 0 Å². The van der Waals surface area contributed by atoms with E-state index in [2.05, 4.69) is 15.6 Å². The fourth-order valence-corrected chi connectivity index (χ4v) is 1.05. The summed E-state index contributed by atoms with van der Waals surface area (Å²) >= 11 is 0. The molecule has 1 aromatic rings. The molecule has 5 nitrogen and oxygen atoms in total. The predicted octanol–water partition coefficient (Wildman–Crippen LogP) is 1.77. The molecule has 82 valence electrons. The Bertz CT molecular complexity index is 311. The topological polar surface area (TPSA) is 59.6 Å². The van der Waals surface area contributed by atoms with Gasteiger partial charge < -0.3 is 10.1 Å². The van der Waals surface area contributed by atoms with Gasteiger partial charge in [-0.2, -0.15) is 0 Å². The Labute approximate surface area is 88.3 Å². The number of benzene rings is 1. The summed E-state index contributed by atoms with van der Waals surface area (Å²) in [6.07, 6.45) is 0. The molecule has 0 aliphatic heterocycles. The third-order valence-electron chi connectivity index (χ3n) is 1.62. The largest absolute Gasteiger partial charge is 0.494 e. The van der Waals surface area contributed by atoms with Gasteiger partial charge in [-0.1, -0.05) is 0 Å². The number of carbonyl (C=O) groups excluding carboxylic acids is 1. The van der Waals surface area contributed by atoms with E-state index in [1.165, 1.54) is 7.11 Å². The molecular formula is C10H14N2O3. The average Bonchev–Trinajstić information content (AvgIpc) is 2.22. The van der Waals surface area contributed by atoms with Crippen LogP contribution >= 0.6 is 0 Å². The van der Waals surface area contributed by atoms with Crippen LogP contribution in [0.1, 0.15) is 6.92 Å². The lowest BCUT2D eigenvalue weighted by molar-refractivity contribution is 0.114. The van der Waals surface area contributed by atoms with Crippen LogP contribution in [0.4, 0.5) is 10.5 Å². The van der Waals surface area contributed by atoms with E-state index < -0.39 is 6.03 Å². The molecule has 0 saturated carbocycles. The average molecular weight is 210 g/mol. The Morgan fingerprint density at radius 2 is 2.00 bits per heavy atom. The fraction of sp³-hybridized carbons (Fsp3) is 0.300. The van der Waals surface area contributed by atoms with Crippen LogP contribution < -0.4 is 15.5 Å². The van der Waals surface area contributed by atoms with Crippen molar-refractivity contribution in [3.8, 4) is 5.75 Å². The zero-order valence-electron chi connectivity index (χ0n) is 8.74. The molecule has 1 rings (SSSR count). The minimum absolute atomic E-state index is 0.415. The molecule has 0 aromatic heterocycles. The number of rotatable bonds is 4. The third kappa shape index (κ3) is 3.86. The first-order chi connectivity index (χ1) is 7.26. The number of amides is 2. The fourth-order valence-electron chi connectivity index (χ4n) is 1.05. The lowest BCUT2D eigenvalue weighted by atomic mass is 10.3. The summed E-state index contributed by atoms with van der Waals surface area (Å²) in [6.45, 7) is 2.54. The van der Waals surface area contributed by atoms with Gasteiger partial charge in [-0.3, -0.25) is 4.84 Å². The molecule has 0 fully saturated rings. The van der Waals surface area contributed by atoms with Crippen molar-refractivity contribution in [2.45, 2.75) is 6.92 Å². The van der Waals surface area contributed by atoms with Crippen LogP contribution in [0, 0.1) is 0 Å². The number of hydrogen-bond donors (Lipinski definition) is 2. The van der Waals surface area contributed by atoms with Gasteiger partial charge >= 0.3 is 6.03 Å². The van der Waals surface area contributed by atoms with Gasteiger partial charge in [0.2, 0.25) is 0 Å². The van der Waals surface area contributed by atoms with Crippen molar-refractivity contribution < 1.29 is 14.4 Å². The molecule has 1 aromatic carbocycles. The van der Waals surface area contributed by atoms with E-state index in [-0.39, 0.29) is 0 Å². The number of hydrogen-bond acceptors (Lipinski definition) is 3. The van der Waals surface area contributed by atoms with Gasteiger partial charge in [0.15, 0.2) is 0 Å². The summed E-state index contributed by atoms with van der Waals surface area (Å²) in [5.74, 6) is 0.773. The molecule has 0 heterocycles. The highest BCUT2D eigenvalue weighted by atomic mass is 16.6. The van der Waals surface area contributed by atoms with Crippen LogP contribution in [0.3, 0.4) is 0 Å². The molecule has 0 saturated heterocycles. The highest BCUT2D eigenvalue weighted by Crippen LogP contribution is 2.15. The maximum atomic E-state index is 11.0. The number of hydroxylamine groups is 1. The minimum Gasteiger partial charge on any atom is -0.494 e. The molecule has 0 atom stereocenters. The summed E-state index contributed by atoms with van der Waals surface area (Å²) in [4.78, 5) is 15.5. The van der Waals surface area contributed by atoms with Gasteiger partial charge in [0, 0.05) is 5.69 Å². The lowest BCUT2D eigenvalue weighted by Crippen LogP contribution is -2.27. The van der Waals surface area contributed by atoms with E-state index in [0.29, 0.717) is 12.3 Å². The second-order valence-corrected chi connectivity index (χ2v) is 2.72. The second-order valence-electron chi connectivity index (χ2n) is 2.72. The van der Waals surface area contributed by atoms with Gasteiger partial charge in [-0.15, -0.1) is 0 Å². The van der Waals surface area contributed by atoms with E-state index in [1.807, 2.05) is 6.92 Å². The summed E-state index contributed by atoms with van der Waals surface area (Å²) in [5, 5.41) is 2.58. The first-order valence-corrected chi connectivity index (χ1v) is 4.59. The van der Waals surface area contributed by atoms with Gasteiger partial charge in [0.05, 0.1) is 13.7 Å². The maximum Gasteiger partial charge on any atom is 0.343 e. The molecule has 2 N–H and O–H groups in total. The van der Waals surface area contributed by atoms with Gasteiger partial charge in [-0.05, 0) is 31.2 Å². The molecule has 0 aliphatic rings. The molecule has 5 heteroatoms. The molecule has 2 amide bonds. The van der Waals surface area contributed by atoms with Gasteiger partial charge in [0.1, 0.15) is 5.75 Å². The lowest BCUT2D eigenvalue weighted by Gasteiger charge is -2.06. The molecule has 0 radical (unpaired) electrons. The second kappa shape index (κ2) is 5.87. The molecule has 15 heavy (non-hydrogen) atoms. The Morgan fingerprint density at radius 3 is 2.53 bits per heavy atom. The third-order valence-corrected chi connectivity index (χ3v) is 1.62. The SMILES string of the molecule is CCOc1ccc(NC(=O)NOC)cc1. The van der Waals surface area contributed by atoms with Crippen molar-refractivity contribution in [1.29, 1.82) is 0 Å². The van der Waals surface area contributed by atoms with Gasteiger partial charge in [0.25, 0.3) is 0 Å². The quantitative estimate of drug-likeness (QED) is 0.744. The Hall–Kier alpha value is -1.75. The number of ether oxygens (including phenoxy) is 1. The monoisotopic (exact) mass is 210 g/mol. The highest BCUT2D eigenvalue weighted by molar-refractivity contribution is 5.88. The van der Waals surface area contributed by atoms with E-state index >= 15 is 0 Å². The Morgan fingerprint density at radius 1 is 1.33 bits per heavy atom. The normalized spacial score (nSPS) is 9.47.